The van der Waals surface area contributed by atoms with Crippen molar-refractivity contribution in [3.63, 3.8) is 0 Å². The molecule has 3 nitrogen and oxygen atoms in total. The van der Waals surface area contributed by atoms with Gasteiger partial charge in [0.05, 0.1) is 0 Å². The third-order valence-corrected chi connectivity index (χ3v) is 9.49. The van der Waals surface area contributed by atoms with Gasteiger partial charge in [0.15, 0.2) is 0 Å². The zero-order valence-electron chi connectivity index (χ0n) is 17.0. The second kappa shape index (κ2) is 5.51. The highest BCUT2D eigenvalue weighted by Crippen LogP contribution is 2.72. The van der Waals surface area contributed by atoms with Crippen molar-refractivity contribution >= 4 is 0 Å². The molecule has 5 unspecified atom stereocenters. The van der Waals surface area contributed by atoms with Crippen molar-refractivity contribution < 1.29 is 5.11 Å². The van der Waals surface area contributed by atoms with Gasteiger partial charge in [0.1, 0.15) is 5.75 Å². The van der Waals surface area contributed by atoms with Gasteiger partial charge >= 0.3 is 0 Å². The Labute approximate surface area is 163 Å². The van der Waals surface area contributed by atoms with Gasteiger partial charge in [-0.25, -0.2) is 0 Å². The molecule has 146 valence electrons. The van der Waals surface area contributed by atoms with Crippen molar-refractivity contribution in [2.75, 3.05) is 27.2 Å². The number of nitrogens with zero attached hydrogens (tertiary/aromatic N) is 2. The standard InChI is InChI=1S/C24H34N2O/c1-25(2)21-8-10-23-9-7-19(21)24(23)11-12-26(15-16-3-4-16)22(23)13-17-5-6-18(27)14-20(17)24/h5-6,14,16,19,21-22,27H,3-4,7-13,15H2,1-2H3. The maximum absolute atomic E-state index is 10.4. The van der Waals surface area contributed by atoms with E-state index in [0.29, 0.717) is 22.6 Å². The van der Waals surface area contributed by atoms with Crippen LogP contribution in [-0.4, -0.2) is 54.2 Å². The Morgan fingerprint density at radius 1 is 1.11 bits per heavy atom. The van der Waals surface area contributed by atoms with Crippen LogP contribution in [0.15, 0.2) is 18.2 Å². The fourth-order valence-corrected chi connectivity index (χ4v) is 8.38. The molecule has 1 aromatic carbocycles. The molecular formula is C24H34N2O. The van der Waals surface area contributed by atoms with Crippen LogP contribution in [0.3, 0.4) is 0 Å². The molecule has 1 N–H and O–H groups in total. The van der Waals surface area contributed by atoms with Crippen LogP contribution in [0.4, 0.5) is 0 Å². The number of likely N-dealkylation sites (tertiary alicyclic amines) is 1. The molecule has 1 aliphatic heterocycles. The van der Waals surface area contributed by atoms with Gasteiger partial charge in [-0.2, -0.15) is 0 Å². The highest BCUT2D eigenvalue weighted by atomic mass is 16.3. The second-order valence-electron chi connectivity index (χ2n) is 10.6. The molecule has 0 amide bonds. The van der Waals surface area contributed by atoms with Crippen molar-refractivity contribution in [3.8, 4) is 5.75 Å². The van der Waals surface area contributed by atoms with Crippen molar-refractivity contribution in [1.82, 2.24) is 9.80 Å². The smallest absolute Gasteiger partial charge is 0.115 e. The number of phenols is 1. The molecule has 1 heterocycles. The number of piperidine rings is 1. The summed E-state index contributed by atoms with van der Waals surface area (Å²) in [6, 6.07) is 7.79. The number of aromatic hydroxyl groups is 1. The molecule has 5 aliphatic rings. The second-order valence-corrected chi connectivity index (χ2v) is 10.6. The summed E-state index contributed by atoms with van der Waals surface area (Å²) in [5.41, 5.74) is 3.84. The molecular weight excluding hydrogens is 332 g/mol. The molecule has 0 spiro atoms. The van der Waals surface area contributed by atoms with Crippen molar-refractivity contribution in [2.24, 2.45) is 17.3 Å². The zero-order chi connectivity index (χ0) is 18.4. The first-order valence-electron chi connectivity index (χ1n) is 11.3. The predicted octanol–water partition coefficient (Wildman–Crippen LogP) is 3.79. The highest BCUT2D eigenvalue weighted by Gasteiger charge is 2.71. The van der Waals surface area contributed by atoms with Crippen LogP contribution in [0.1, 0.15) is 56.1 Å². The quantitative estimate of drug-likeness (QED) is 0.882. The fraction of sp³-hybridized carbons (Fsp3) is 0.750. The molecule has 4 bridgehead atoms. The number of benzene rings is 1. The lowest BCUT2D eigenvalue weighted by Crippen LogP contribution is -2.69. The maximum atomic E-state index is 10.4. The van der Waals surface area contributed by atoms with Gasteiger partial charge in [0.2, 0.25) is 0 Å². The minimum atomic E-state index is 0.303. The van der Waals surface area contributed by atoms with E-state index in [-0.39, 0.29) is 0 Å². The van der Waals surface area contributed by atoms with Gasteiger partial charge in [0.25, 0.3) is 0 Å². The minimum Gasteiger partial charge on any atom is -0.508 e. The summed E-state index contributed by atoms with van der Waals surface area (Å²) in [7, 11) is 4.58. The first kappa shape index (κ1) is 16.9. The number of phenolic OH excluding ortho intramolecular Hbond substituents is 1. The van der Waals surface area contributed by atoms with Crippen molar-refractivity contribution in [2.45, 2.75) is 68.9 Å². The van der Waals surface area contributed by atoms with Crippen molar-refractivity contribution in [3.05, 3.63) is 29.3 Å². The molecule has 6 rings (SSSR count). The van der Waals surface area contributed by atoms with Gasteiger partial charge in [-0.05, 0) is 113 Å². The number of hydrogen-bond donors (Lipinski definition) is 1. The first-order valence-corrected chi connectivity index (χ1v) is 11.3. The Hall–Kier alpha value is -1.06. The average molecular weight is 367 g/mol. The molecule has 4 aliphatic carbocycles. The summed E-state index contributed by atoms with van der Waals surface area (Å²) >= 11 is 0. The van der Waals surface area contributed by atoms with Gasteiger partial charge in [-0.15, -0.1) is 0 Å². The van der Waals surface area contributed by atoms with E-state index in [4.69, 9.17) is 0 Å². The van der Waals surface area contributed by atoms with E-state index in [1.54, 1.807) is 11.1 Å². The van der Waals surface area contributed by atoms with Crippen LogP contribution in [0.2, 0.25) is 0 Å². The van der Waals surface area contributed by atoms with E-state index in [1.165, 1.54) is 64.5 Å². The normalized spacial score (nSPS) is 42.9. The van der Waals surface area contributed by atoms with E-state index in [9.17, 15) is 5.11 Å². The molecule has 3 saturated carbocycles. The lowest BCUT2D eigenvalue weighted by molar-refractivity contribution is -0.105. The van der Waals surface area contributed by atoms with E-state index >= 15 is 0 Å². The van der Waals surface area contributed by atoms with Gasteiger partial charge in [-0.1, -0.05) is 6.07 Å². The van der Waals surface area contributed by atoms with Crippen LogP contribution in [0.25, 0.3) is 0 Å². The fourth-order valence-electron chi connectivity index (χ4n) is 8.38. The van der Waals surface area contributed by atoms with Crippen molar-refractivity contribution in [1.29, 1.82) is 0 Å². The molecule has 3 heteroatoms. The zero-order valence-corrected chi connectivity index (χ0v) is 17.0. The number of fused-ring (bicyclic) bond motifs is 1. The van der Waals surface area contributed by atoms with E-state index in [1.807, 2.05) is 6.07 Å². The molecule has 4 fully saturated rings. The van der Waals surface area contributed by atoms with E-state index in [0.717, 1.165) is 17.9 Å². The number of rotatable bonds is 3. The predicted molar refractivity (Wildman–Crippen MR) is 108 cm³/mol. The summed E-state index contributed by atoms with van der Waals surface area (Å²) in [6.07, 6.45) is 11.0. The van der Waals surface area contributed by atoms with E-state index < -0.39 is 0 Å². The minimum absolute atomic E-state index is 0.303. The SMILES string of the molecule is CN(C)C1CCC23CCC1C21CCN(CC2CC2)C3Cc2ccc(O)cc21. The summed E-state index contributed by atoms with van der Waals surface area (Å²) in [6.45, 7) is 2.62. The Bertz CT molecular complexity index is 772. The monoisotopic (exact) mass is 366 g/mol. The molecule has 1 aromatic rings. The molecule has 5 atom stereocenters. The molecule has 1 saturated heterocycles. The first-order chi connectivity index (χ1) is 13.0. The molecule has 0 radical (unpaired) electrons. The Morgan fingerprint density at radius 3 is 2.70 bits per heavy atom. The Balaban J connectivity index is 1.53. The van der Waals surface area contributed by atoms with Gasteiger partial charge < -0.3 is 10.0 Å². The maximum Gasteiger partial charge on any atom is 0.115 e. The molecule has 27 heavy (non-hydrogen) atoms. The lowest BCUT2D eigenvalue weighted by atomic mass is 9.43. The third-order valence-electron chi connectivity index (χ3n) is 9.49. The topological polar surface area (TPSA) is 26.7 Å². The highest BCUT2D eigenvalue weighted by molar-refractivity contribution is 5.49. The van der Waals surface area contributed by atoms with E-state index in [2.05, 4.69) is 36.0 Å². The molecule has 0 aromatic heterocycles. The van der Waals surface area contributed by atoms with Crippen LogP contribution < -0.4 is 0 Å². The largest absolute Gasteiger partial charge is 0.508 e. The van der Waals surface area contributed by atoms with Gasteiger partial charge in [-0.3, -0.25) is 4.90 Å². The Kier molecular flexibility index (Phi) is 3.44. The van der Waals surface area contributed by atoms with Crippen LogP contribution >= 0.6 is 0 Å². The lowest BCUT2D eigenvalue weighted by Gasteiger charge is -2.67. The van der Waals surface area contributed by atoms with Crippen LogP contribution in [0, 0.1) is 17.3 Å². The summed E-state index contributed by atoms with van der Waals surface area (Å²) in [5, 5.41) is 10.4. The summed E-state index contributed by atoms with van der Waals surface area (Å²) in [5.74, 6) is 2.21. The summed E-state index contributed by atoms with van der Waals surface area (Å²) < 4.78 is 0. The number of hydrogen-bond acceptors (Lipinski definition) is 3. The average Bonchev–Trinajstić information content (AvgIpc) is 3.42. The third kappa shape index (κ3) is 2.05. The Morgan fingerprint density at radius 2 is 1.93 bits per heavy atom. The summed E-state index contributed by atoms with van der Waals surface area (Å²) in [4.78, 5) is 5.43. The van der Waals surface area contributed by atoms with Crippen LogP contribution in [0.5, 0.6) is 5.75 Å². The van der Waals surface area contributed by atoms with Crippen LogP contribution in [-0.2, 0) is 11.8 Å². The van der Waals surface area contributed by atoms with Gasteiger partial charge in [0, 0.05) is 24.0 Å².